The number of allylic oxidation sites excluding steroid dienone is 6. The van der Waals surface area contributed by atoms with Crippen LogP contribution in [0.3, 0.4) is 0 Å². The smallest absolute Gasteiger partial charge is 0.0348 e. The van der Waals surface area contributed by atoms with Crippen LogP contribution in [0.15, 0.2) is 36.5 Å². The molecule has 0 radical (unpaired) electrons. The first-order valence-corrected chi connectivity index (χ1v) is 4.90. The molecule has 0 saturated heterocycles. The van der Waals surface area contributed by atoms with E-state index in [9.17, 15) is 0 Å². The van der Waals surface area contributed by atoms with Gasteiger partial charge in [0.1, 0.15) is 0 Å². The molecule has 0 rings (SSSR count). The maximum atomic E-state index is 2.22. The molecule has 0 aliphatic heterocycles. The molecular weight excluding hydrogens is 144 g/mol. The molecule has 0 N–H and O–H groups in total. The molecule has 68 valence electrons. The fraction of sp³-hybridized carbons (Fsp3) is 0.500. The SMILES string of the molecule is CC/C=C/C=C/C=C/CCCC. The lowest BCUT2D eigenvalue weighted by atomic mass is 10.2. The first kappa shape index (κ1) is 11.2. The fourth-order valence-corrected chi connectivity index (χ4v) is 0.840. The van der Waals surface area contributed by atoms with Gasteiger partial charge >= 0.3 is 0 Å². The topological polar surface area (TPSA) is 0 Å². The monoisotopic (exact) mass is 164 g/mol. The van der Waals surface area contributed by atoms with Crippen molar-refractivity contribution in [3.8, 4) is 0 Å². The third kappa shape index (κ3) is 9.22. The van der Waals surface area contributed by atoms with E-state index in [1.165, 1.54) is 19.3 Å². The molecule has 0 unspecified atom stereocenters. The summed E-state index contributed by atoms with van der Waals surface area (Å²) in [7, 11) is 0. The van der Waals surface area contributed by atoms with Crippen LogP contribution in [0.25, 0.3) is 0 Å². The lowest BCUT2D eigenvalue weighted by molar-refractivity contribution is 0.815. The van der Waals surface area contributed by atoms with Gasteiger partial charge in [-0.1, -0.05) is 63.1 Å². The van der Waals surface area contributed by atoms with Gasteiger partial charge in [-0.15, -0.1) is 0 Å². The Kier molecular flexibility index (Phi) is 9.56. The Morgan fingerprint density at radius 1 is 0.833 bits per heavy atom. The average molecular weight is 164 g/mol. The van der Waals surface area contributed by atoms with Crippen LogP contribution < -0.4 is 0 Å². The molecule has 0 aromatic rings. The predicted octanol–water partition coefficient (Wildman–Crippen LogP) is 4.26. The first-order chi connectivity index (χ1) is 5.91. The van der Waals surface area contributed by atoms with Gasteiger partial charge in [0.2, 0.25) is 0 Å². The molecule has 0 bridgehead atoms. The van der Waals surface area contributed by atoms with Gasteiger partial charge in [-0.05, 0) is 12.8 Å². The summed E-state index contributed by atoms with van der Waals surface area (Å²) in [6.45, 7) is 4.36. The van der Waals surface area contributed by atoms with E-state index >= 15 is 0 Å². The zero-order valence-electron chi connectivity index (χ0n) is 8.29. The van der Waals surface area contributed by atoms with Gasteiger partial charge in [0.25, 0.3) is 0 Å². The Balaban J connectivity index is 3.32. The Hall–Kier alpha value is -0.780. The highest BCUT2D eigenvalue weighted by Gasteiger charge is 1.74. The number of rotatable bonds is 6. The van der Waals surface area contributed by atoms with E-state index in [2.05, 4.69) is 50.3 Å². The van der Waals surface area contributed by atoms with Crippen molar-refractivity contribution in [2.75, 3.05) is 0 Å². The third-order valence-electron chi connectivity index (χ3n) is 1.57. The van der Waals surface area contributed by atoms with Gasteiger partial charge < -0.3 is 0 Å². The number of hydrogen-bond acceptors (Lipinski definition) is 0. The van der Waals surface area contributed by atoms with Crippen LogP contribution in [-0.4, -0.2) is 0 Å². The van der Waals surface area contributed by atoms with Crippen LogP contribution in [0.2, 0.25) is 0 Å². The quantitative estimate of drug-likeness (QED) is 0.406. The summed E-state index contributed by atoms with van der Waals surface area (Å²) in [5.74, 6) is 0. The minimum Gasteiger partial charge on any atom is -0.0848 e. The summed E-state index contributed by atoms with van der Waals surface area (Å²) < 4.78 is 0. The normalized spacial score (nSPS) is 12.5. The second kappa shape index (κ2) is 10.2. The first-order valence-electron chi connectivity index (χ1n) is 4.90. The van der Waals surface area contributed by atoms with E-state index in [1.807, 2.05) is 0 Å². The molecule has 0 atom stereocenters. The molecule has 0 heteroatoms. The van der Waals surface area contributed by atoms with Crippen LogP contribution in [0.1, 0.15) is 39.5 Å². The average Bonchev–Trinajstić information content (AvgIpc) is 2.10. The Morgan fingerprint density at radius 3 is 2.08 bits per heavy atom. The minimum absolute atomic E-state index is 1.11. The molecule has 0 heterocycles. The van der Waals surface area contributed by atoms with Crippen molar-refractivity contribution in [2.24, 2.45) is 0 Å². The van der Waals surface area contributed by atoms with Crippen LogP contribution in [-0.2, 0) is 0 Å². The van der Waals surface area contributed by atoms with Gasteiger partial charge in [-0.2, -0.15) is 0 Å². The van der Waals surface area contributed by atoms with E-state index in [1.54, 1.807) is 0 Å². The highest BCUT2D eigenvalue weighted by atomic mass is 13.8. The standard InChI is InChI=1S/C12H20/c1-3-5-7-9-11-12-10-8-6-4-2/h5,7,9-12H,3-4,6,8H2,1-2H3/b7-5+,11-9+,12-10+. The van der Waals surface area contributed by atoms with E-state index in [0.29, 0.717) is 0 Å². The maximum absolute atomic E-state index is 2.22. The Bertz CT molecular complexity index is 149. The van der Waals surface area contributed by atoms with Crippen molar-refractivity contribution >= 4 is 0 Å². The second-order valence-corrected chi connectivity index (χ2v) is 2.79. The van der Waals surface area contributed by atoms with Gasteiger partial charge in [0.15, 0.2) is 0 Å². The summed E-state index contributed by atoms with van der Waals surface area (Å²) in [6.07, 6.45) is 17.6. The fourth-order valence-electron chi connectivity index (χ4n) is 0.840. The Morgan fingerprint density at radius 2 is 1.50 bits per heavy atom. The lowest BCUT2D eigenvalue weighted by Crippen LogP contribution is -1.64. The molecule has 0 amide bonds. The van der Waals surface area contributed by atoms with Crippen molar-refractivity contribution in [2.45, 2.75) is 39.5 Å². The van der Waals surface area contributed by atoms with Gasteiger partial charge in [-0.3, -0.25) is 0 Å². The highest BCUT2D eigenvalue weighted by Crippen LogP contribution is 1.94. The summed E-state index contributed by atoms with van der Waals surface area (Å²) in [5, 5.41) is 0. The van der Waals surface area contributed by atoms with E-state index in [0.717, 1.165) is 6.42 Å². The maximum Gasteiger partial charge on any atom is -0.0348 e. The van der Waals surface area contributed by atoms with E-state index in [4.69, 9.17) is 0 Å². The summed E-state index contributed by atoms with van der Waals surface area (Å²) in [4.78, 5) is 0. The Labute approximate surface area is 76.7 Å². The van der Waals surface area contributed by atoms with Crippen LogP contribution >= 0.6 is 0 Å². The molecule has 0 aromatic carbocycles. The number of unbranched alkanes of at least 4 members (excludes halogenated alkanes) is 2. The molecule has 0 fully saturated rings. The number of hydrogen-bond donors (Lipinski definition) is 0. The zero-order chi connectivity index (χ0) is 9.07. The molecule has 0 aliphatic rings. The molecule has 0 aliphatic carbocycles. The molecule has 0 spiro atoms. The van der Waals surface area contributed by atoms with Crippen molar-refractivity contribution < 1.29 is 0 Å². The highest BCUT2D eigenvalue weighted by molar-refractivity contribution is 5.10. The predicted molar refractivity (Wildman–Crippen MR) is 57.2 cm³/mol. The third-order valence-corrected chi connectivity index (χ3v) is 1.57. The van der Waals surface area contributed by atoms with Gasteiger partial charge in [0, 0.05) is 0 Å². The zero-order valence-corrected chi connectivity index (χ0v) is 8.29. The minimum atomic E-state index is 1.11. The van der Waals surface area contributed by atoms with Crippen molar-refractivity contribution in [1.82, 2.24) is 0 Å². The van der Waals surface area contributed by atoms with E-state index < -0.39 is 0 Å². The summed E-state index contributed by atoms with van der Waals surface area (Å²) in [6, 6.07) is 0. The van der Waals surface area contributed by atoms with Crippen LogP contribution in [0.4, 0.5) is 0 Å². The lowest BCUT2D eigenvalue weighted by Gasteiger charge is -1.85. The van der Waals surface area contributed by atoms with Crippen molar-refractivity contribution in [3.63, 3.8) is 0 Å². The molecule has 0 saturated carbocycles. The second-order valence-electron chi connectivity index (χ2n) is 2.79. The van der Waals surface area contributed by atoms with Gasteiger partial charge in [0.05, 0.1) is 0 Å². The van der Waals surface area contributed by atoms with Crippen molar-refractivity contribution in [3.05, 3.63) is 36.5 Å². The summed E-state index contributed by atoms with van der Waals surface area (Å²) >= 11 is 0. The molecule has 0 nitrogen and oxygen atoms in total. The van der Waals surface area contributed by atoms with Crippen molar-refractivity contribution in [1.29, 1.82) is 0 Å². The van der Waals surface area contributed by atoms with E-state index in [-0.39, 0.29) is 0 Å². The van der Waals surface area contributed by atoms with Gasteiger partial charge in [-0.25, -0.2) is 0 Å². The summed E-state index contributed by atoms with van der Waals surface area (Å²) in [5.41, 5.74) is 0. The molecule has 12 heavy (non-hydrogen) atoms. The van der Waals surface area contributed by atoms with Crippen LogP contribution in [0.5, 0.6) is 0 Å². The molecule has 0 aromatic heterocycles. The van der Waals surface area contributed by atoms with Crippen LogP contribution in [0, 0.1) is 0 Å². The molecular formula is C12H20. The largest absolute Gasteiger partial charge is 0.0848 e.